The molecule has 1 unspecified atom stereocenters. The Hall–Kier alpha value is -4.15. The summed E-state index contributed by atoms with van der Waals surface area (Å²) < 4.78 is 53.7. The molecule has 0 saturated carbocycles. The topological polar surface area (TPSA) is 161 Å². The molecule has 244 valence electrons. The highest BCUT2D eigenvalue weighted by molar-refractivity contribution is 9.10. The Kier molecular flexibility index (Phi) is 8.98. The van der Waals surface area contributed by atoms with Gasteiger partial charge >= 0.3 is 24.3 Å². The zero-order valence-corrected chi connectivity index (χ0v) is 27.0. The first kappa shape index (κ1) is 33.7. The number of aliphatic carboxylic acids is 1. The van der Waals surface area contributed by atoms with Gasteiger partial charge in [-0.2, -0.15) is 13.2 Å². The van der Waals surface area contributed by atoms with Crippen LogP contribution in [0, 0.1) is 0 Å². The standard InChI is InChI=1S/C28H33BrF3N7O6/c1-25(2,3)44-23(42)36-20-19-21(34-13-33-20)39(14-35-19)11-15-17(8-7-16(18(15)29)28(30,31)32)38-10-9-27(12-38,22(40)41)37-24(43)45-26(4,5)6/h7-8,13-14H,9-12H2,1-6H3,(H,37,43)(H,40,41)(H,33,34,36,42). The van der Waals surface area contributed by atoms with Crippen molar-refractivity contribution in [3.8, 4) is 0 Å². The van der Waals surface area contributed by atoms with Gasteiger partial charge in [0.2, 0.25) is 0 Å². The first-order valence-electron chi connectivity index (χ1n) is 13.7. The predicted octanol–water partition coefficient (Wildman–Crippen LogP) is 5.56. The Morgan fingerprint density at radius 1 is 1.02 bits per heavy atom. The molecular formula is C28H33BrF3N7O6. The van der Waals surface area contributed by atoms with E-state index in [0.717, 1.165) is 6.07 Å². The molecule has 4 rings (SSSR count). The number of anilines is 2. The molecule has 1 aliphatic heterocycles. The van der Waals surface area contributed by atoms with Crippen LogP contribution < -0.4 is 15.5 Å². The lowest BCUT2D eigenvalue weighted by Gasteiger charge is -2.30. The van der Waals surface area contributed by atoms with Crippen LogP contribution in [0.15, 0.2) is 29.3 Å². The van der Waals surface area contributed by atoms with Crippen molar-refractivity contribution < 1.29 is 42.1 Å². The average molecular weight is 701 g/mol. The molecule has 0 bridgehead atoms. The van der Waals surface area contributed by atoms with Crippen molar-refractivity contribution in [2.75, 3.05) is 23.3 Å². The highest BCUT2D eigenvalue weighted by Gasteiger charge is 2.48. The van der Waals surface area contributed by atoms with E-state index < -0.39 is 46.6 Å². The minimum atomic E-state index is -4.70. The molecule has 1 aliphatic rings. The molecule has 3 heterocycles. The molecule has 17 heteroatoms. The first-order chi connectivity index (χ1) is 20.7. The van der Waals surface area contributed by atoms with Crippen LogP contribution in [0.5, 0.6) is 0 Å². The van der Waals surface area contributed by atoms with Crippen LogP contribution in [0.3, 0.4) is 0 Å². The number of rotatable bonds is 6. The fourth-order valence-electron chi connectivity index (χ4n) is 4.78. The number of nitrogens with zero attached hydrogens (tertiary/aromatic N) is 5. The summed E-state index contributed by atoms with van der Waals surface area (Å²) in [7, 11) is 0. The third kappa shape index (κ3) is 7.75. The van der Waals surface area contributed by atoms with Gasteiger partial charge in [0.25, 0.3) is 0 Å². The fraction of sp³-hybridized carbons (Fsp3) is 0.500. The first-order valence-corrected chi connectivity index (χ1v) is 14.5. The van der Waals surface area contributed by atoms with Crippen molar-refractivity contribution in [2.45, 2.75) is 77.4 Å². The van der Waals surface area contributed by atoms with Gasteiger partial charge in [0.05, 0.1) is 25.0 Å². The maximum atomic E-state index is 14.0. The van der Waals surface area contributed by atoms with Crippen molar-refractivity contribution in [2.24, 2.45) is 0 Å². The van der Waals surface area contributed by atoms with Gasteiger partial charge in [0, 0.05) is 28.7 Å². The number of ether oxygens (including phenoxy) is 2. The number of fused-ring (bicyclic) bond motifs is 1. The van der Waals surface area contributed by atoms with E-state index in [4.69, 9.17) is 9.47 Å². The Balaban J connectivity index is 1.72. The van der Waals surface area contributed by atoms with Crippen LogP contribution in [0.2, 0.25) is 0 Å². The number of imidazole rings is 1. The lowest BCUT2D eigenvalue weighted by Crippen LogP contribution is -2.57. The van der Waals surface area contributed by atoms with Gasteiger partial charge < -0.3 is 29.4 Å². The van der Waals surface area contributed by atoms with Gasteiger partial charge in [0.1, 0.15) is 17.5 Å². The number of carbonyl (C=O) groups excluding carboxylic acids is 2. The molecule has 3 aromatic rings. The number of carbonyl (C=O) groups is 3. The minimum absolute atomic E-state index is 0.0373. The third-order valence-corrected chi connectivity index (χ3v) is 7.54. The second-order valence-corrected chi connectivity index (χ2v) is 13.3. The molecule has 45 heavy (non-hydrogen) atoms. The lowest BCUT2D eigenvalue weighted by atomic mass is 9.99. The summed E-state index contributed by atoms with van der Waals surface area (Å²) in [6.45, 7) is 9.64. The van der Waals surface area contributed by atoms with Gasteiger partial charge in [0.15, 0.2) is 22.5 Å². The highest BCUT2D eigenvalue weighted by atomic mass is 79.9. The molecule has 0 spiro atoms. The number of amides is 2. The second-order valence-electron chi connectivity index (χ2n) is 12.5. The van der Waals surface area contributed by atoms with Gasteiger partial charge in [-0.1, -0.05) is 0 Å². The van der Waals surface area contributed by atoms with Crippen molar-refractivity contribution >= 4 is 56.8 Å². The van der Waals surface area contributed by atoms with Crippen molar-refractivity contribution in [1.82, 2.24) is 24.8 Å². The zero-order chi connectivity index (χ0) is 33.5. The van der Waals surface area contributed by atoms with Crippen molar-refractivity contribution in [3.05, 3.63) is 40.4 Å². The summed E-state index contributed by atoms with van der Waals surface area (Å²) >= 11 is 3.14. The van der Waals surface area contributed by atoms with Crippen LogP contribution in [0.25, 0.3) is 11.2 Å². The largest absolute Gasteiger partial charge is 0.479 e. The van der Waals surface area contributed by atoms with Crippen molar-refractivity contribution in [1.29, 1.82) is 0 Å². The molecule has 1 aromatic carbocycles. The van der Waals surface area contributed by atoms with Crippen LogP contribution in [0.4, 0.5) is 34.3 Å². The summed E-state index contributed by atoms with van der Waals surface area (Å²) in [5.41, 5.74) is -3.53. The summed E-state index contributed by atoms with van der Waals surface area (Å²) in [5, 5.41) is 15.1. The van der Waals surface area contributed by atoms with E-state index >= 15 is 0 Å². The summed E-state index contributed by atoms with van der Waals surface area (Å²) in [4.78, 5) is 51.4. The maximum Gasteiger partial charge on any atom is 0.417 e. The third-order valence-electron chi connectivity index (χ3n) is 6.63. The van der Waals surface area contributed by atoms with E-state index in [9.17, 15) is 32.7 Å². The molecule has 2 amide bonds. The molecule has 1 atom stereocenters. The number of aromatic nitrogens is 4. The van der Waals surface area contributed by atoms with E-state index in [-0.39, 0.29) is 53.1 Å². The number of hydrogen-bond donors (Lipinski definition) is 3. The van der Waals surface area contributed by atoms with Gasteiger partial charge in [-0.3, -0.25) is 5.32 Å². The SMILES string of the molecule is CC(C)(C)OC(=O)Nc1ncnc2c1ncn2Cc1c(N2CCC(NC(=O)OC(C)(C)C)(C(=O)O)C2)ccc(C(F)(F)F)c1Br. The maximum absolute atomic E-state index is 14.0. The smallest absolute Gasteiger partial charge is 0.417 e. The van der Waals surface area contributed by atoms with E-state index in [2.05, 4.69) is 41.5 Å². The predicted molar refractivity (Wildman–Crippen MR) is 160 cm³/mol. The zero-order valence-electron chi connectivity index (χ0n) is 25.4. The molecule has 2 aromatic heterocycles. The molecule has 1 saturated heterocycles. The van der Waals surface area contributed by atoms with Crippen LogP contribution in [0.1, 0.15) is 59.1 Å². The molecule has 3 N–H and O–H groups in total. The van der Waals surface area contributed by atoms with E-state index in [1.54, 1.807) is 46.4 Å². The quantitative estimate of drug-likeness (QED) is 0.297. The Morgan fingerprint density at radius 2 is 1.67 bits per heavy atom. The van der Waals surface area contributed by atoms with E-state index in [1.807, 2.05) is 0 Å². The number of carboxylic acids is 1. The minimum Gasteiger partial charge on any atom is -0.479 e. The number of hydrogen-bond acceptors (Lipinski definition) is 9. The molecule has 0 radical (unpaired) electrons. The number of benzene rings is 1. The lowest BCUT2D eigenvalue weighted by molar-refractivity contribution is -0.144. The average Bonchev–Trinajstić information content (AvgIpc) is 3.48. The second kappa shape index (κ2) is 12.0. The molecular weight excluding hydrogens is 667 g/mol. The van der Waals surface area contributed by atoms with Crippen LogP contribution in [-0.2, 0) is 27.0 Å². The molecule has 1 fully saturated rings. The fourth-order valence-corrected chi connectivity index (χ4v) is 5.46. The normalized spacial score (nSPS) is 17.3. The van der Waals surface area contributed by atoms with Gasteiger partial charge in [-0.05, 0) is 69.6 Å². The molecule has 13 nitrogen and oxygen atoms in total. The summed E-state index contributed by atoms with van der Waals surface area (Å²) in [6, 6.07) is 2.17. The number of alkyl carbamates (subject to hydrolysis) is 1. The van der Waals surface area contributed by atoms with Crippen LogP contribution >= 0.6 is 15.9 Å². The monoisotopic (exact) mass is 699 g/mol. The Bertz CT molecular complexity index is 1630. The molecule has 0 aliphatic carbocycles. The van der Waals surface area contributed by atoms with Crippen LogP contribution in [-0.4, -0.2) is 72.6 Å². The van der Waals surface area contributed by atoms with Gasteiger partial charge in [-0.25, -0.2) is 29.3 Å². The highest BCUT2D eigenvalue weighted by Crippen LogP contribution is 2.42. The number of nitrogens with one attached hydrogen (secondary N) is 2. The Morgan fingerprint density at radius 3 is 2.27 bits per heavy atom. The number of halogens is 4. The van der Waals surface area contributed by atoms with E-state index in [0.29, 0.717) is 5.69 Å². The summed E-state index contributed by atoms with van der Waals surface area (Å²) in [6.07, 6.45) is -3.95. The Labute approximate surface area is 264 Å². The number of alkyl halides is 3. The van der Waals surface area contributed by atoms with E-state index in [1.165, 1.54) is 23.3 Å². The van der Waals surface area contributed by atoms with Gasteiger partial charge in [-0.15, -0.1) is 0 Å². The number of carboxylic acid groups (broad SMARTS) is 1. The summed E-state index contributed by atoms with van der Waals surface area (Å²) in [5.74, 6) is -1.28. The van der Waals surface area contributed by atoms with Crippen molar-refractivity contribution in [3.63, 3.8) is 0 Å².